The molecule has 0 aliphatic rings. The van der Waals surface area contributed by atoms with E-state index in [1.807, 2.05) is 66.7 Å². The molecule has 2 aromatic carbocycles. The second-order valence-electron chi connectivity index (χ2n) is 5.34. The maximum atomic E-state index is 12.1. The van der Waals surface area contributed by atoms with Crippen molar-refractivity contribution in [3.8, 4) is 17.6 Å². The van der Waals surface area contributed by atoms with Crippen LogP contribution in [0.3, 0.4) is 0 Å². The Morgan fingerprint density at radius 3 is 2.65 bits per heavy atom. The zero-order valence-corrected chi connectivity index (χ0v) is 15.9. The third kappa shape index (κ3) is 5.60. The molecule has 26 heavy (non-hydrogen) atoms. The molecule has 0 bridgehead atoms. The number of benzene rings is 2. The second kappa shape index (κ2) is 9.02. The van der Waals surface area contributed by atoms with Gasteiger partial charge in [0.05, 0.1) is 0 Å². The van der Waals surface area contributed by atoms with E-state index in [1.165, 1.54) is 0 Å². The largest absolute Gasteiger partial charge is 0.484 e. The number of aromatic nitrogens is 1. The number of rotatable bonds is 4. The van der Waals surface area contributed by atoms with Crippen LogP contribution in [-0.4, -0.2) is 17.5 Å². The third-order valence-corrected chi connectivity index (χ3v) is 4.05. The van der Waals surface area contributed by atoms with Crippen molar-refractivity contribution in [3.63, 3.8) is 0 Å². The fourth-order valence-electron chi connectivity index (χ4n) is 2.12. The van der Waals surface area contributed by atoms with Crippen LogP contribution < -0.4 is 10.1 Å². The standard InChI is InChI=1S/C21H15IN2O2/c22-17-8-11-20(12-9-17)26-15-21(25)24-19-6-3-4-16(14-19)7-10-18-5-1-2-13-23-18/h1-6,8-9,11-14H,15H2,(H,24,25). The van der Waals surface area contributed by atoms with Crippen molar-refractivity contribution in [2.45, 2.75) is 0 Å². The van der Waals surface area contributed by atoms with Crippen LogP contribution in [0.25, 0.3) is 0 Å². The van der Waals surface area contributed by atoms with E-state index in [2.05, 4.69) is 44.7 Å². The maximum Gasteiger partial charge on any atom is 0.262 e. The normalized spacial score (nSPS) is 9.73. The highest BCUT2D eigenvalue weighted by atomic mass is 127. The number of nitrogens with zero attached hydrogens (tertiary/aromatic N) is 1. The molecule has 1 N–H and O–H groups in total. The lowest BCUT2D eigenvalue weighted by molar-refractivity contribution is -0.118. The predicted octanol–water partition coefficient (Wildman–Crippen LogP) is 4.10. The molecule has 0 atom stereocenters. The summed E-state index contributed by atoms with van der Waals surface area (Å²) in [5.41, 5.74) is 2.17. The van der Waals surface area contributed by atoms with E-state index >= 15 is 0 Å². The predicted molar refractivity (Wildman–Crippen MR) is 110 cm³/mol. The molecule has 0 unspecified atom stereocenters. The fraction of sp³-hybridized carbons (Fsp3) is 0.0476. The number of carbonyl (C=O) groups is 1. The number of hydrogen-bond donors (Lipinski definition) is 1. The Labute approximate surface area is 165 Å². The first kappa shape index (κ1) is 18.0. The highest BCUT2D eigenvalue weighted by Gasteiger charge is 2.04. The number of pyridine rings is 1. The summed E-state index contributed by atoms with van der Waals surface area (Å²) in [6, 6.07) is 20.5. The molecule has 3 aromatic rings. The Morgan fingerprint density at radius 1 is 1.04 bits per heavy atom. The summed E-state index contributed by atoms with van der Waals surface area (Å²) in [5.74, 6) is 6.47. The molecular formula is C21H15IN2O2. The Hall–Kier alpha value is -2.85. The lowest BCUT2D eigenvalue weighted by Gasteiger charge is -2.08. The molecule has 1 aromatic heterocycles. The van der Waals surface area contributed by atoms with E-state index in [0.717, 1.165) is 9.13 Å². The van der Waals surface area contributed by atoms with Crippen molar-refractivity contribution in [2.24, 2.45) is 0 Å². The van der Waals surface area contributed by atoms with Gasteiger partial charge in [0.25, 0.3) is 5.91 Å². The molecule has 1 amide bonds. The second-order valence-corrected chi connectivity index (χ2v) is 6.58. The van der Waals surface area contributed by atoms with Gasteiger partial charge in [-0.05, 0) is 83.1 Å². The topological polar surface area (TPSA) is 51.2 Å². The van der Waals surface area contributed by atoms with Crippen LogP contribution in [-0.2, 0) is 4.79 Å². The maximum absolute atomic E-state index is 12.1. The van der Waals surface area contributed by atoms with Gasteiger partial charge in [-0.2, -0.15) is 0 Å². The zero-order chi connectivity index (χ0) is 18.2. The zero-order valence-electron chi connectivity index (χ0n) is 13.8. The smallest absolute Gasteiger partial charge is 0.262 e. The van der Waals surface area contributed by atoms with E-state index in [0.29, 0.717) is 17.1 Å². The highest BCUT2D eigenvalue weighted by Crippen LogP contribution is 2.14. The highest BCUT2D eigenvalue weighted by molar-refractivity contribution is 14.1. The number of amides is 1. The minimum absolute atomic E-state index is 0.0512. The van der Waals surface area contributed by atoms with E-state index in [4.69, 9.17) is 4.74 Å². The molecule has 0 aliphatic carbocycles. The molecular weight excluding hydrogens is 439 g/mol. The average molecular weight is 454 g/mol. The molecule has 3 rings (SSSR count). The molecule has 0 aliphatic heterocycles. The van der Waals surface area contributed by atoms with Crippen LogP contribution in [0.5, 0.6) is 5.75 Å². The van der Waals surface area contributed by atoms with Gasteiger partial charge in [0.2, 0.25) is 0 Å². The number of halogens is 1. The monoisotopic (exact) mass is 454 g/mol. The summed E-state index contributed by atoms with van der Waals surface area (Å²) in [5, 5.41) is 2.81. The van der Waals surface area contributed by atoms with Gasteiger partial charge >= 0.3 is 0 Å². The Balaban J connectivity index is 1.58. The van der Waals surface area contributed by atoms with Gasteiger partial charge in [-0.3, -0.25) is 4.79 Å². The van der Waals surface area contributed by atoms with Crippen LogP contribution in [0.2, 0.25) is 0 Å². The number of carbonyl (C=O) groups excluding carboxylic acids is 1. The molecule has 4 nitrogen and oxygen atoms in total. The summed E-state index contributed by atoms with van der Waals surface area (Å²) in [6.45, 7) is -0.0512. The quantitative estimate of drug-likeness (QED) is 0.477. The molecule has 0 saturated heterocycles. The third-order valence-electron chi connectivity index (χ3n) is 3.33. The first-order chi connectivity index (χ1) is 12.7. The Morgan fingerprint density at radius 2 is 1.88 bits per heavy atom. The summed E-state index contributed by atoms with van der Waals surface area (Å²) >= 11 is 2.22. The lowest BCUT2D eigenvalue weighted by Crippen LogP contribution is -2.20. The van der Waals surface area contributed by atoms with Gasteiger partial charge in [0.1, 0.15) is 11.4 Å². The van der Waals surface area contributed by atoms with Crippen LogP contribution in [0, 0.1) is 15.4 Å². The van der Waals surface area contributed by atoms with Crippen molar-refractivity contribution < 1.29 is 9.53 Å². The molecule has 128 valence electrons. The minimum Gasteiger partial charge on any atom is -0.484 e. The van der Waals surface area contributed by atoms with Gasteiger partial charge < -0.3 is 10.1 Å². The molecule has 0 spiro atoms. The Bertz CT molecular complexity index is 945. The number of hydrogen-bond acceptors (Lipinski definition) is 3. The molecule has 5 heteroatoms. The van der Waals surface area contributed by atoms with Crippen LogP contribution >= 0.6 is 22.6 Å². The van der Waals surface area contributed by atoms with E-state index < -0.39 is 0 Å². The first-order valence-corrected chi connectivity index (χ1v) is 8.98. The number of ether oxygens (including phenoxy) is 1. The molecule has 0 fully saturated rings. The minimum atomic E-state index is -0.224. The lowest BCUT2D eigenvalue weighted by atomic mass is 10.2. The van der Waals surface area contributed by atoms with Crippen LogP contribution in [0.4, 0.5) is 5.69 Å². The first-order valence-electron chi connectivity index (χ1n) is 7.90. The summed E-state index contributed by atoms with van der Waals surface area (Å²) in [7, 11) is 0. The van der Waals surface area contributed by atoms with E-state index in [-0.39, 0.29) is 12.5 Å². The number of nitrogens with one attached hydrogen (secondary N) is 1. The van der Waals surface area contributed by atoms with Crippen molar-refractivity contribution >= 4 is 34.2 Å². The Kier molecular flexibility index (Phi) is 6.23. The van der Waals surface area contributed by atoms with Crippen molar-refractivity contribution in [1.29, 1.82) is 0 Å². The SMILES string of the molecule is O=C(COc1ccc(I)cc1)Nc1cccc(C#Cc2ccccn2)c1. The summed E-state index contributed by atoms with van der Waals surface area (Å²) in [6.07, 6.45) is 1.70. The van der Waals surface area contributed by atoms with Gasteiger partial charge in [-0.25, -0.2) is 4.98 Å². The van der Waals surface area contributed by atoms with Gasteiger partial charge in [-0.1, -0.05) is 18.1 Å². The molecule has 0 saturated carbocycles. The van der Waals surface area contributed by atoms with Crippen molar-refractivity contribution in [3.05, 3.63) is 87.8 Å². The number of anilines is 1. The average Bonchev–Trinajstić information content (AvgIpc) is 2.67. The summed E-state index contributed by atoms with van der Waals surface area (Å²) in [4.78, 5) is 16.2. The van der Waals surface area contributed by atoms with Crippen LogP contribution in [0.1, 0.15) is 11.3 Å². The van der Waals surface area contributed by atoms with E-state index in [1.54, 1.807) is 6.20 Å². The molecule has 1 heterocycles. The van der Waals surface area contributed by atoms with Crippen LogP contribution in [0.15, 0.2) is 72.9 Å². The van der Waals surface area contributed by atoms with Gasteiger partial charge in [-0.15, -0.1) is 0 Å². The molecule has 0 radical (unpaired) electrons. The fourth-order valence-corrected chi connectivity index (χ4v) is 2.48. The van der Waals surface area contributed by atoms with Crippen molar-refractivity contribution in [1.82, 2.24) is 4.98 Å². The van der Waals surface area contributed by atoms with E-state index in [9.17, 15) is 4.79 Å². The van der Waals surface area contributed by atoms with Gasteiger partial charge in [0.15, 0.2) is 6.61 Å². The van der Waals surface area contributed by atoms with Crippen molar-refractivity contribution in [2.75, 3.05) is 11.9 Å². The van der Waals surface area contributed by atoms with Gasteiger partial charge in [0, 0.05) is 21.0 Å². The summed E-state index contributed by atoms with van der Waals surface area (Å²) < 4.78 is 6.59.